The lowest BCUT2D eigenvalue weighted by Gasteiger charge is -2.25. The van der Waals surface area contributed by atoms with Crippen molar-refractivity contribution >= 4 is 23.1 Å². The van der Waals surface area contributed by atoms with Crippen LogP contribution in [0, 0.1) is 5.41 Å². The lowest BCUT2D eigenvalue weighted by atomic mass is 10.0. The molecule has 0 bridgehead atoms. The summed E-state index contributed by atoms with van der Waals surface area (Å²) in [5.41, 5.74) is 5.68. The Hall–Kier alpha value is -3.29. The van der Waals surface area contributed by atoms with Crippen molar-refractivity contribution in [3.63, 3.8) is 0 Å². The molecule has 154 valence electrons. The van der Waals surface area contributed by atoms with Gasteiger partial charge < -0.3 is 15.8 Å². The summed E-state index contributed by atoms with van der Waals surface area (Å²) in [6, 6.07) is 11.1. The van der Waals surface area contributed by atoms with Gasteiger partial charge in [0.2, 0.25) is 0 Å². The Labute approximate surface area is 174 Å². The molecular formula is C23H25N5O2. The Bertz CT molecular complexity index is 1180. The molecule has 30 heavy (non-hydrogen) atoms. The molecule has 3 heterocycles. The highest BCUT2D eigenvalue weighted by Gasteiger charge is 2.14. The Kier molecular flexibility index (Phi) is 5.74. The van der Waals surface area contributed by atoms with Crippen LogP contribution in [-0.4, -0.2) is 58.9 Å². The van der Waals surface area contributed by atoms with Crippen molar-refractivity contribution in [1.29, 1.82) is 5.41 Å². The maximum Gasteiger partial charge on any atom is 0.258 e. The predicted octanol–water partition coefficient (Wildman–Crippen LogP) is 2.48. The third-order valence-corrected chi connectivity index (χ3v) is 5.51. The van der Waals surface area contributed by atoms with Gasteiger partial charge in [-0.25, -0.2) is 4.98 Å². The van der Waals surface area contributed by atoms with Crippen molar-refractivity contribution in [2.45, 2.75) is 6.42 Å². The zero-order valence-corrected chi connectivity index (χ0v) is 16.9. The normalized spacial score (nSPS) is 14.5. The molecule has 4 rings (SSSR count). The van der Waals surface area contributed by atoms with E-state index in [1.165, 1.54) is 17.9 Å². The van der Waals surface area contributed by atoms with Crippen LogP contribution in [0.3, 0.4) is 0 Å². The van der Waals surface area contributed by atoms with Crippen LogP contribution < -0.4 is 10.9 Å². The molecule has 1 aromatic carbocycles. The number of aliphatic hydroxyl groups is 1. The van der Waals surface area contributed by atoms with Crippen LogP contribution in [-0.2, 0) is 0 Å². The van der Waals surface area contributed by atoms with E-state index in [1.54, 1.807) is 4.40 Å². The van der Waals surface area contributed by atoms with Crippen LogP contribution in [0.25, 0.3) is 22.5 Å². The number of benzene rings is 1. The van der Waals surface area contributed by atoms with E-state index in [0.29, 0.717) is 17.9 Å². The average molecular weight is 403 g/mol. The fraction of sp³-hybridized carbons (Fsp3) is 0.261. The smallest absolute Gasteiger partial charge is 0.258 e. The van der Waals surface area contributed by atoms with E-state index in [2.05, 4.69) is 21.3 Å². The molecule has 0 saturated carbocycles. The molecule has 3 aromatic rings. The Morgan fingerprint density at radius 2 is 2.07 bits per heavy atom. The van der Waals surface area contributed by atoms with Crippen molar-refractivity contribution in [3.8, 4) is 11.3 Å². The molecule has 0 aliphatic carbocycles. The third kappa shape index (κ3) is 3.90. The number of anilines is 1. The molecule has 2 aromatic heterocycles. The monoisotopic (exact) mass is 403 g/mol. The van der Waals surface area contributed by atoms with Crippen molar-refractivity contribution in [2.75, 3.05) is 38.6 Å². The van der Waals surface area contributed by atoms with E-state index in [9.17, 15) is 4.79 Å². The number of hydrogen-bond acceptors (Lipinski definition) is 6. The van der Waals surface area contributed by atoms with Crippen molar-refractivity contribution < 1.29 is 5.11 Å². The minimum Gasteiger partial charge on any atom is -0.395 e. The first-order chi connectivity index (χ1) is 14.6. The van der Waals surface area contributed by atoms with Gasteiger partial charge in [0.15, 0.2) is 0 Å². The van der Waals surface area contributed by atoms with Gasteiger partial charge in [0.25, 0.3) is 5.56 Å². The van der Waals surface area contributed by atoms with Gasteiger partial charge in [0.05, 0.1) is 12.3 Å². The number of hydrogen-bond donors (Lipinski definition) is 3. The van der Waals surface area contributed by atoms with Gasteiger partial charge in [-0.15, -0.1) is 0 Å². The summed E-state index contributed by atoms with van der Waals surface area (Å²) in [7, 11) is 1.81. The second kappa shape index (κ2) is 8.61. The van der Waals surface area contributed by atoms with E-state index in [1.807, 2.05) is 43.6 Å². The van der Waals surface area contributed by atoms with Gasteiger partial charge in [0.1, 0.15) is 5.65 Å². The second-order valence-corrected chi connectivity index (χ2v) is 7.33. The van der Waals surface area contributed by atoms with E-state index >= 15 is 0 Å². The molecule has 0 atom stereocenters. The Balaban J connectivity index is 1.69. The van der Waals surface area contributed by atoms with Crippen molar-refractivity contribution in [1.82, 2.24) is 14.3 Å². The number of β-amino-alcohol motifs (C(OH)–C–C–N with tert-alkyl or cyclic N) is 1. The second-order valence-electron chi connectivity index (χ2n) is 7.33. The lowest BCUT2D eigenvalue weighted by molar-refractivity contribution is 0.208. The van der Waals surface area contributed by atoms with Crippen molar-refractivity contribution in [2.24, 2.45) is 0 Å². The highest BCUT2D eigenvalue weighted by molar-refractivity contribution is 5.88. The van der Waals surface area contributed by atoms with Gasteiger partial charge in [-0.2, -0.15) is 0 Å². The molecule has 0 amide bonds. The van der Waals surface area contributed by atoms with Crippen LogP contribution in [0.4, 0.5) is 5.69 Å². The van der Waals surface area contributed by atoms with Gasteiger partial charge >= 0.3 is 0 Å². The summed E-state index contributed by atoms with van der Waals surface area (Å²) in [5.74, 6) is 0. The molecular weight excluding hydrogens is 378 g/mol. The first-order valence-corrected chi connectivity index (χ1v) is 10.0. The molecule has 7 nitrogen and oxygen atoms in total. The van der Waals surface area contributed by atoms with Crippen LogP contribution in [0.1, 0.15) is 17.5 Å². The number of fused-ring (bicyclic) bond motifs is 1. The van der Waals surface area contributed by atoms with Crippen LogP contribution in [0.5, 0.6) is 0 Å². The maximum absolute atomic E-state index is 12.8. The summed E-state index contributed by atoms with van der Waals surface area (Å²) in [5, 5.41) is 19.7. The highest BCUT2D eigenvalue weighted by atomic mass is 16.3. The van der Waals surface area contributed by atoms with Crippen LogP contribution >= 0.6 is 0 Å². The summed E-state index contributed by atoms with van der Waals surface area (Å²) >= 11 is 0. The van der Waals surface area contributed by atoms with E-state index in [0.717, 1.165) is 41.9 Å². The SMILES string of the molecule is CNc1ccc(-c2cc(=O)n3cc(C4=CCN(CCO)CC4)ccc3n2)cc1C=N. The molecule has 0 unspecified atom stereocenters. The quantitative estimate of drug-likeness (QED) is 0.550. The van der Waals surface area contributed by atoms with Gasteiger partial charge in [0, 0.05) is 62.0 Å². The summed E-state index contributed by atoms with van der Waals surface area (Å²) in [6.45, 7) is 2.55. The molecule has 0 radical (unpaired) electrons. The van der Waals surface area contributed by atoms with Gasteiger partial charge in [-0.1, -0.05) is 12.1 Å². The van der Waals surface area contributed by atoms with E-state index in [-0.39, 0.29) is 12.2 Å². The molecule has 1 aliphatic rings. The Morgan fingerprint density at radius 3 is 2.77 bits per heavy atom. The lowest BCUT2D eigenvalue weighted by Crippen LogP contribution is -2.31. The molecule has 1 aliphatic heterocycles. The fourth-order valence-corrected chi connectivity index (χ4v) is 3.83. The number of pyridine rings is 1. The summed E-state index contributed by atoms with van der Waals surface area (Å²) in [4.78, 5) is 19.7. The van der Waals surface area contributed by atoms with Gasteiger partial charge in [-0.3, -0.25) is 14.1 Å². The minimum absolute atomic E-state index is 0.135. The Morgan fingerprint density at radius 1 is 1.23 bits per heavy atom. The topological polar surface area (TPSA) is 93.7 Å². The molecule has 7 heteroatoms. The standard InChI is InChI=1S/C23H25N5O2/c1-25-20-4-2-17(12-19(20)14-24)21-13-23(30)28-15-18(3-5-22(28)26-21)16-6-8-27(9-7-16)10-11-29/h2-6,12-15,24-25,29H,7-11H2,1H3. The fourth-order valence-electron chi connectivity index (χ4n) is 3.83. The number of rotatable bonds is 6. The molecule has 0 saturated heterocycles. The van der Waals surface area contributed by atoms with E-state index < -0.39 is 0 Å². The maximum atomic E-state index is 12.8. The zero-order chi connectivity index (χ0) is 21.1. The van der Waals surface area contributed by atoms with Crippen molar-refractivity contribution in [3.05, 3.63) is 70.2 Å². The number of nitrogens with zero attached hydrogens (tertiary/aromatic N) is 3. The zero-order valence-electron chi connectivity index (χ0n) is 16.9. The van der Waals surface area contributed by atoms with E-state index in [4.69, 9.17) is 10.5 Å². The minimum atomic E-state index is -0.135. The largest absolute Gasteiger partial charge is 0.395 e. The highest BCUT2D eigenvalue weighted by Crippen LogP contribution is 2.24. The number of aliphatic hydroxyl groups excluding tert-OH is 1. The first-order valence-electron chi connectivity index (χ1n) is 10.0. The van der Waals surface area contributed by atoms with Gasteiger partial charge in [-0.05, 0) is 41.8 Å². The summed E-state index contributed by atoms with van der Waals surface area (Å²) < 4.78 is 1.58. The molecule has 3 N–H and O–H groups in total. The average Bonchev–Trinajstić information content (AvgIpc) is 2.79. The van der Waals surface area contributed by atoms with Crippen LogP contribution in [0.2, 0.25) is 0 Å². The molecule has 0 fully saturated rings. The first kappa shape index (κ1) is 20.0. The number of aromatic nitrogens is 2. The predicted molar refractivity (Wildman–Crippen MR) is 120 cm³/mol. The molecule has 0 spiro atoms. The van der Waals surface area contributed by atoms with Crippen LogP contribution in [0.15, 0.2) is 53.5 Å². The number of nitrogens with one attached hydrogen (secondary N) is 2. The summed E-state index contributed by atoms with van der Waals surface area (Å²) in [6.07, 6.45) is 6.19. The third-order valence-electron chi connectivity index (χ3n) is 5.51.